The second-order valence-electron chi connectivity index (χ2n) is 7.22. The van der Waals surface area contributed by atoms with Gasteiger partial charge < -0.3 is 5.32 Å². The van der Waals surface area contributed by atoms with E-state index in [-0.39, 0.29) is 5.56 Å². The highest BCUT2D eigenvalue weighted by Gasteiger charge is 2.30. The van der Waals surface area contributed by atoms with Crippen molar-refractivity contribution in [2.24, 2.45) is 0 Å². The number of rotatable bonds is 14. The van der Waals surface area contributed by atoms with E-state index in [1.807, 2.05) is 0 Å². The largest absolute Gasteiger partial charge is 0.416 e. The molecule has 0 saturated heterocycles. The Balaban J connectivity index is 2.03. The zero-order valence-corrected chi connectivity index (χ0v) is 16.5. The molecule has 0 aromatic heterocycles. The van der Waals surface area contributed by atoms with Crippen molar-refractivity contribution in [2.75, 3.05) is 6.54 Å². The molecule has 0 saturated carbocycles. The molecule has 0 heterocycles. The van der Waals surface area contributed by atoms with E-state index in [0.717, 1.165) is 31.4 Å². The standard InChI is InChI=1S/C22H34F3NO/c1-2-3-4-5-6-7-8-9-10-11-12-13-17-26-21(27)19-15-14-16-20(18-19)22(23,24)25/h14-16,18H,2-13,17H2,1H3,(H,26,27). The number of halogens is 3. The van der Waals surface area contributed by atoms with Crippen molar-refractivity contribution in [3.8, 4) is 0 Å². The summed E-state index contributed by atoms with van der Waals surface area (Å²) in [6.07, 6.45) is 10.5. The molecule has 0 fully saturated rings. The van der Waals surface area contributed by atoms with Gasteiger partial charge in [0, 0.05) is 12.1 Å². The lowest BCUT2D eigenvalue weighted by molar-refractivity contribution is -0.137. The molecule has 0 aliphatic heterocycles. The molecule has 1 amide bonds. The molecular formula is C22H34F3NO. The van der Waals surface area contributed by atoms with Crippen LogP contribution >= 0.6 is 0 Å². The normalized spacial score (nSPS) is 11.6. The number of unbranched alkanes of at least 4 members (excludes halogenated alkanes) is 11. The molecule has 5 heteroatoms. The number of amides is 1. The Kier molecular flexibility index (Phi) is 11.9. The summed E-state index contributed by atoms with van der Waals surface area (Å²) in [7, 11) is 0. The van der Waals surface area contributed by atoms with Gasteiger partial charge in [-0.1, -0.05) is 83.6 Å². The van der Waals surface area contributed by atoms with E-state index in [1.165, 1.54) is 69.9 Å². The van der Waals surface area contributed by atoms with Gasteiger partial charge in [0.05, 0.1) is 5.56 Å². The molecule has 0 bridgehead atoms. The molecule has 0 radical (unpaired) electrons. The number of nitrogens with one attached hydrogen (secondary N) is 1. The van der Waals surface area contributed by atoms with E-state index in [1.54, 1.807) is 0 Å². The lowest BCUT2D eigenvalue weighted by Gasteiger charge is -2.09. The van der Waals surface area contributed by atoms with Crippen LogP contribution in [0, 0.1) is 0 Å². The fourth-order valence-corrected chi connectivity index (χ4v) is 3.11. The van der Waals surface area contributed by atoms with Crippen molar-refractivity contribution in [1.82, 2.24) is 5.32 Å². The van der Waals surface area contributed by atoms with E-state index in [9.17, 15) is 18.0 Å². The van der Waals surface area contributed by atoms with Crippen LogP contribution in [0.1, 0.15) is 99.9 Å². The molecule has 1 aromatic carbocycles. The average molecular weight is 386 g/mol. The number of carbonyl (C=O) groups is 1. The maximum absolute atomic E-state index is 12.7. The molecule has 0 spiro atoms. The van der Waals surface area contributed by atoms with E-state index in [0.29, 0.717) is 6.54 Å². The summed E-state index contributed by atoms with van der Waals surface area (Å²) < 4.78 is 38.0. The van der Waals surface area contributed by atoms with Gasteiger partial charge in [-0.05, 0) is 24.6 Å². The highest BCUT2D eigenvalue weighted by Crippen LogP contribution is 2.29. The van der Waals surface area contributed by atoms with Gasteiger partial charge in [0.1, 0.15) is 0 Å². The first-order valence-electron chi connectivity index (χ1n) is 10.4. The smallest absolute Gasteiger partial charge is 0.352 e. The molecule has 0 atom stereocenters. The van der Waals surface area contributed by atoms with Crippen molar-refractivity contribution in [1.29, 1.82) is 0 Å². The van der Waals surface area contributed by atoms with Crippen molar-refractivity contribution >= 4 is 5.91 Å². The van der Waals surface area contributed by atoms with Gasteiger partial charge >= 0.3 is 6.18 Å². The Labute approximate surface area is 161 Å². The van der Waals surface area contributed by atoms with E-state index in [2.05, 4.69) is 12.2 Å². The Hall–Kier alpha value is -1.52. The molecule has 154 valence electrons. The Morgan fingerprint density at radius 2 is 1.37 bits per heavy atom. The number of hydrogen-bond acceptors (Lipinski definition) is 1. The SMILES string of the molecule is CCCCCCCCCCCCCCNC(=O)c1cccc(C(F)(F)F)c1. The van der Waals surface area contributed by atoms with Crippen LogP contribution in [0.5, 0.6) is 0 Å². The highest BCUT2D eigenvalue weighted by molar-refractivity contribution is 5.94. The van der Waals surface area contributed by atoms with Crippen molar-refractivity contribution in [2.45, 2.75) is 90.1 Å². The van der Waals surface area contributed by atoms with Gasteiger partial charge in [-0.25, -0.2) is 0 Å². The summed E-state index contributed by atoms with van der Waals surface area (Å²) >= 11 is 0. The first-order chi connectivity index (χ1) is 12.9. The lowest BCUT2D eigenvalue weighted by Crippen LogP contribution is -2.24. The Morgan fingerprint density at radius 1 is 0.852 bits per heavy atom. The zero-order valence-electron chi connectivity index (χ0n) is 16.5. The number of alkyl halides is 3. The van der Waals surface area contributed by atoms with Gasteiger partial charge in [-0.3, -0.25) is 4.79 Å². The molecule has 1 rings (SSSR count). The minimum Gasteiger partial charge on any atom is -0.352 e. The summed E-state index contributed by atoms with van der Waals surface area (Å²) in [6.45, 7) is 2.74. The minimum absolute atomic E-state index is 0.0590. The van der Waals surface area contributed by atoms with E-state index in [4.69, 9.17) is 0 Å². The topological polar surface area (TPSA) is 29.1 Å². The molecule has 0 aliphatic carbocycles. The molecule has 0 unspecified atom stereocenters. The third-order valence-electron chi connectivity index (χ3n) is 4.77. The van der Waals surface area contributed by atoms with Crippen LogP contribution in [0.3, 0.4) is 0 Å². The Bertz CT molecular complexity index is 529. The monoisotopic (exact) mass is 385 g/mol. The predicted molar refractivity (Wildman–Crippen MR) is 105 cm³/mol. The van der Waals surface area contributed by atoms with Gasteiger partial charge in [0.15, 0.2) is 0 Å². The number of benzene rings is 1. The first-order valence-corrected chi connectivity index (χ1v) is 10.4. The van der Waals surface area contributed by atoms with Crippen molar-refractivity contribution < 1.29 is 18.0 Å². The quantitative estimate of drug-likeness (QED) is 0.339. The minimum atomic E-state index is -4.42. The van der Waals surface area contributed by atoms with Crippen LogP contribution in [0.15, 0.2) is 24.3 Å². The number of carbonyl (C=O) groups excluding carboxylic acids is 1. The van der Waals surface area contributed by atoms with Gasteiger partial charge in [0.2, 0.25) is 0 Å². The molecular weight excluding hydrogens is 351 g/mol. The van der Waals surface area contributed by atoms with E-state index < -0.39 is 17.6 Å². The fourth-order valence-electron chi connectivity index (χ4n) is 3.11. The third kappa shape index (κ3) is 11.0. The van der Waals surface area contributed by atoms with Gasteiger partial charge in [-0.2, -0.15) is 13.2 Å². The molecule has 0 aliphatic rings. The van der Waals surface area contributed by atoms with Crippen LogP contribution < -0.4 is 5.32 Å². The van der Waals surface area contributed by atoms with Gasteiger partial charge in [0.25, 0.3) is 5.91 Å². The Morgan fingerprint density at radius 3 is 1.89 bits per heavy atom. The van der Waals surface area contributed by atoms with Crippen molar-refractivity contribution in [3.63, 3.8) is 0 Å². The molecule has 1 N–H and O–H groups in total. The summed E-state index contributed by atoms with van der Waals surface area (Å²) in [5, 5.41) is 2.71. The second kappa shape index (κ2) is 13.6. The maximum atomic E-state index is 12.7. The maximum Gasteiger partial charge on any atom is 0.416 e. The lowest BCUT2D eigenvalue weighted by atomic mass is 10.1. The van der Waals surface area contributed by atoms with Crippen LogP contribution in [-0.4, -0.2) is 12.5 Å². The second-order valence-corrected chi connectivity index (χ2v) is 7.22. The zero-order chi connectivity index (χ0) is 20.0. The predicted octanol–water partition coefficient (Wildman–Crippen LogP) is 7.14. The van der Waals surface area contributed by atoms with Crippen LogP contribution in [-0.2, 0) is 6.18 Å². The van der Waals surface area contributed by atoms with Gasteiger partial charge in [-0.15, -0.1) is 0 Å². The van der Waals surface area contributed by atoms with Crippen molar-refractivity contribution in [3.05, 3.63) is 35.4 Å². The third-order valence-corrected chi connectivity index (χ3v) is 4.77. The molecule has 2 nitrogen and oxygen atoms in total. The highest BCUT2D eigenvalue weighted by atomic mass is 19.4. The number of hydrogen-bond donors (Lipinski definition) is 1. The van der Waals surface area contributed by atoms with Crippen LogP contribution in [0.2, 0.25) is 0 Å². The first kappa shape index (κ1) is 23.5. The van der Waals surface area contributed by atoms with Crippen LogP contribution in [0.25, 0.3) is 0 Å². The van der Waals surface area contributed by atoms with Crippen LogP contribution in [0.4, 0.5) is 13.2 Å². The fraction of sp³-hybridized carbons (Fsp3) is 0.682. The van der Waals surface area contributed by atoms with E-state index >= 15 is 0 Å². The summed E-state index contributed by atoms with van der Waals surface area (Å²) in [5.74, 6) is -0.441. The average Bonchev–Trinajstić information content (AvgIpc) is 2.64. The molecule has 1 aromatic rings. The summed E-state index contributed by atoms with van der Waals surface area (Å²) in [6, 6.07) is 4.55. The summed E-state index contributed by atoms with van der Waals surface area (Å²) in [5.41, 5.74) is -0.732. The summed E-state index contributed by atoms with van der Waals surface area (Å²) in [4.78, 5) is 11.9. The molecule has 27 heavy (non-hydrogen) atoms.